The fraction of sp³-hybridized carbons (Fsp3) is 0.500. The molecule has 3 rings (SSSR count). The summed E-state index contributed by atoms with van der Waals surface area (Å²) in [6, 6.07) is 7.09. The molecule has 146 valence electrons. The molecule has 1 aromatic carbocycles. The summed E-state index contributed by atoms with van der Waals surface area (Å²) < 4.78 is 10.8. The van der Waals surface area contributed by atoms with Gasteiger partial charge in [0.05, 0.1) is 31.4 Å². The summed E-state index contributed by atoms with van der Waals surface area (Å²) in [5.74, 6) is -0.391. The Balaban J connectivity index is 2.03. The maximum Gasteiger partial charge on any atom is 0.338 e. The van der Waals surface area contributed by atoms with Crippen molar-refractivity contribution in [2.45, 2.75) is 19.9 Å². The van der Waals surface area contributed by atoms with Crippen LogP contribution in [0.15, 0.2) is 35.5 Å². The first-order chi connectivity index (χ1) is 13.0. The number of ether oxygens (including phenoxy) is 2. The second kappa shape index (κ2) is 8.54. The number of urea groups is 1. The number of morpholine rings is 1. The molecule has 1 aromatic rings. The van der Waals surface area contributed by atoms with Gasteiger partial charge in [0.15, 0.2) is 0 Å². The molecule has 27 heavy (non-hydrogen) atoms. The van der Waals surface area contributed by atoms with Crippen molar-refractivity contribution in [1.82, 2.24) is 15.1 Å². The van der Waals surface area contributed by atoms with Gasteiger partial charge in [-0.3, -0.25) is 9.80 Å². The van der Waals surface area contributed by atoms with Crippen LogP contribution in [0.4, 0.5) is 4.79 Å². The van der Waals surface area contributed by atoms with Crippen LogP contribution in [-0.2, 0) is 14.3 Å². The molecule has 2 amide bonds. The Morgan fingerprint density at radius 1 is 1.26 bits per heavy atom. The zero-order chi connectivity index (χ0) is 19.4. The monoisotopic (exact) mass is 373 g/mol. The van der Waals surface area contributed by atoms with Crippen LogP contribution in [0.1, 0.15) is 24.1 Å². The highest BCUT2D eigenvalue weighted by molar-refractivity contribution is 5.95. The molecule has 1 atom stereocenters. The number of hydrogen-bond donors (Lipinski definition) is 1. The first-order valence-corrected chi connectivity index (χ1v) is 9.32. The van der Waals surface area contributed by atoms with Crippen LogP contribution in [-0.4, -0.2) is 68.3 Å². The number of likely N-dealkylation sites (N-methyl/N-ethyl adjacent to an activating group) is 1. The molecular weight excluding hydrogens is 346 g/mol. The lowest BCUT2D eigenvalue weighted by Gasteiger charge is -2.37. The Labute approximate surface area is 159 Å². The Morgan fingerprint density at radius 2 is 1.93 bits per heavy atom. The van der Waals surface area contributed by atoms with Crippen LogP contribution < -0.4 is 5.32 Å². The van der Waals surface area contributed by atoms with E-state index in [1.807, 2.05) is 31.2 Å². The number of amides is 2. The smallest absolute Gasteiger partial charge is 0.338 e. The lowest BCUT2D eigenvalue weighted by atomic mass is 9.93. The van der Waals surface area contributed by atoms with Gasteiger partial charge in [0.25, 0.3) is 0 Å². The molecule has 0 spiro atoms. The summed E-state index contributed by atoms with van der Waals surface area (Å²) in [6.07, 6.45) is 0. The van der Waals surface area contributed by atoms with Gasteiger partial charge >= 0.3 is 12.0 Å². The summed E-state index contributed by atoms with van der Waals surface area (Å²) in [5.41, 5.74) is 3.16. The summed E-state index contributed by atoms with van der Waals surface area (Å²) >= 11 is 0. The number of carbonyl (C=O) groups excluding carboxylic acids is 2. The van der Waals surface area contributed by atoms with Gasteiger partial charge in [0.2, 0.25) is 0 Å². The summed E-state index contributed by atoms with van der Waals surface area (Å²) in [7, 11) is 1.69. The van der Waals surface area contributed by atoms with Crippen LogP contribution in [0.25, 0.3) is 0 Å². The molecule has 2 aliphatic rings. The first kappa shape index (κ1) is 19.4. The predicted molar refractivity (Wildman–Crippen MR) is 101 cm³/mol. The maximum atomic E-state index is 12.9. The molecule has 2 aliphatic heterocycles. The highest BCUT2D eigenvalue weighted by atomic mass is 16.5. The number of aryl methyl sites for hydroxylation is 1. The molecule has 0 aromatic heterocycles. The van der Waals surface area contributed by atoms with Gasteiger partial charge in [-0.2, -0.15) is 0 Å². The van der Waals surface area contributed by atoms with Crippen LogP contribution in [0.5, 0.6) is 0 Å². The van der Waals surface area contributed by atoms with Gasteiger partial charge in [-0.25, -0.2) is 9.59 Å². The molecule has 1 N–H and O–H groups in total. The number of rotatable bonds is 5. The minimum Gasteiger partial charge on any atom is -0.463 e. The minimum absolute atomic E-state index is 0.225. The zero-order valence-corrected chi connectivity index (χ0v) is 16.2. The van der Waals surface area contributed by atoms with Gasteiger partial charge in [0.1, 0.15) is 0 Å². The number of carbonyl (C=O) groups is 2. The number of esters is 1. The van der Waals surface area contributed by atoms with Crippen molar-refractivity contribution >= 4 is 12.0 Å². The second-order valence-corrected chi connectivity index (χ2v) is 6.82. The maximum absolute atomic E-state index is 12.9. The molecule has 0 bridgehead atoms. The third kappa shape index (κ3) is 4.31. The molecule has 0 radical (unpaired) electrons. The molecule has 7 heteroatoms. The fourth-order valence-electron chi connectivity index (χ4n) is 3.38. The fourth-order valence-corrected chi connectivity index (χ4v) is 3.38. The van der Waals surface area contributed by atoms with E-state index in [0.717, 1.165) is 24.2 Å². The summed E-state index contributed by atoms with van der Waals surface area (Å²) in [4.78, 5) is 29.2. The van der Waals surface area contributed by atoms with Crippen molar-refractivity contribution in [1.29, 1.82) is 0 Å². The molecule has 1 unspecified atom stereocenters. The van der Waals surface area contributed by atoms with E-state index in [2.05, 4.69) is 10.2 Å². The van der Waals surface area contributed by atoms with Crippen LogP contribution in [0.2, 0.25) is 0 Å². The first-order valence-electron chi connectivity index (χ1n) is 9.32. The Kier molecular flexibility index (Phi) is 6.13. The van der Waals surface area contributed by atoms with Crippen molar-refractivity contribution in [3.63, 3.8) is 0 Å². The zero-order valence-electron chi connectivity index (χ0n) is 16.2. The van der Waals surface area contributed by atoms with E-state index >= 15 is 0 Å². The highest BCUT2D eigenvalue weighted by Gasteiger charge is 2.37. The van der Waals surface area contributed by atoms with Crippen molar-refractivity contribution in [3.05, 3.63) is 46.7 Å². The van der Waals surface area contributed by atoms with Crippen molar-refractivity contribution < 1.29 is 19.1 Å². The quantitative estimate of drug-likeness (QED) is 0.798. The molecule has 0 saturated carbocycles. The van der Waals surface area contributed by atoms with Crippen molar-refractivity contribution in [2.24, 2.45) is 0 Å². The average molecular weight is 373 g/mol. The van der Waals surface area contributed by atoms with Crippen LogP contribution >= 0.6 is 0 Å². The van der Waals surface area contributed by atoms with Gasteiger partial charge in [0, 0.05) is 32.4 Å². The number of hydrogen-bond acceptors (Lipinski definition) is 5. The van der Waals surface area contributed by atoms with Crippen molar-refractivity contribution in [2.75, 3.05) is 46.5 Å². The Bertz CT molecular complexity index is 723. The second-order valence-electron chi connectivity index (χ2n) is 6.82. The lowest BCUT2D eigenvalue weighted by molar-refractivity contribution is -0.139. The van der Waals surface area contributed by atoms with Crippen LogP contribution in [0.3, 0.4) is 0 Å². The number of nitrogens with zero attached hydrogens (tertiary/aromatic N) is 2. The minimum atomic E-state index is -0.524. The van der Waals surface area contributed by atoms with Gasteiger partial charge in [-0.1, -0.05) is 29.8 Å². The number of nitrogens with one attached hydrogen (secondary N) is 1. The molecule has 2 heterocycles. The third-order valence-corrected chi connectivity index (χ3v) is 4.96. The van der Waals surface area contributed by atoms with E-state index in [4.69, 9.17) is 9.47 Å². The average Bonchev–Trinajstić information content (AvgIpc) is 2.67. The van der Waals surface area contributed by atoms with Gasteiger partial charge in [-0.15, -0.1) is 0 Å². The third-order valence-electron chi connectivity index (χ3n) is 4.96. The number of benzene rings is 1. The molecule has 1 saturated heterocycles. The normalized spacial score (nSPS) is 21.2. The van der Waals surface area contributed by atoms with E-state index in [1.165, 1.54) is 4.90 Å². The van der Waals surface area contributed by atoms with E-state index in [1.54, 1.807) is 14.0 Å². The topological polar surface area (TPSA) is 71.1 Å². The molecule has 7 nitrogen and oxygen atoms in total. The SMILES string of the molecule is CCOC(=O)C1=C(CN2CCOCC2)N(C)C(=O)NC1c1ccc(C)cc1. The summed E-state index contributed by atoms with van der Waals surface area (Å²) in [6.45, 7) is 7.41. The standard InChI is InChI=1S/C20H27N3O4/c1-4-27-19(24)17-16(13-23-9-11-26-12-10-23)22(3)20(25)21-18(17)15-7-5-14(2)6-8-15/h5-8,18H,4,9-13H2,1-3H3,(H,21,25). The lowest BCUT2D eigenvalue weighted by Crippen LogP contribution is -2.50. The predicted octanol–water partition coefficient (Wildman–Crippen LogP) is 1.84. The molecule has 1 fully saturated rings. The molecular formula is C20H27N3O4. The Morgan fingerprint density at radius 3 is 2.56 bits per heavy atom. The van der Waals surface area contributed by atoms with E-state index < -0.39 is 12.0 Å². The van der Waals surface area contributed by atoms with Gasteiger partial charge in [-0.05, 0) is 19.4 Å². The van der Waals surface area contributed by atoms with E-state index in [-0.39, 0.29) is 12.6 Å². The van der Waals surface area contributed by atoms with E-state index in [0.29, 0.717) is 31.0 Å². The summed E-state index contributed by atoms with van der Waals surface area (Å²) in [5, 5.41) is 2.94. The highest BCUT2D eigenvalue weighted by Crippen LogP contribution is 2.31. The van der Waals surface area contributed by atoms with Crippen LogP contribution in [0, 0.1) is 6.92 Å². The Hall–Kier alpha value is -2.38. The largest absolute Gasteiger partial charge is 0.463 e. The van der Waals surface area contributed by atoms with Crippen molar-refractivity contribution in [3.8, 4) is 0 Å². The van der Waals surface area contributed by atoms with E-state index in [9.17, 15) is 9.59 Å². The van der Waals surface area contributed by atoms with Gasteiger partial charge < -0.3 is 14.8 Å². The molecule has 0 aliphatic carbocycles.